The fraction of sp³-hybridized carbons (Fsp3) is 0.625. The van der Waals surface area contributed by atoms with Gasteiger partial charge in [-0.15, -0.1) is 0 Å². The van der Waals surface area contributed by atoms with E-state index in [-0.39, 0.29) is 13.0 Å². The Morgan fingerprint density at radius 3 is 2.64 bits per heavy atom. The molecule has 0 spiro atoms. The largest absolute Gasteiger partial charge is 0.414 e. The Hall–Kier alpha value is -1.04. The molecule has 1 N–H and O–H groups in total. The van der Waals surface area contributed by atoms with E-state index in [1.165, 1.54) is 10.9 Å². The molecule has 0 aliphatic rings. The second-order valence-corrected chi connectivity index (χ2v) is 3.04. The number of aromatic nitrogens is 2. The average molecular weight is 208 g/mol. The lowest BCUT2D eigenvalue weighted by atomic mass is 10.2. The molecule has 1 aromatic heterocycles. The van der Waals surface area contributed by atoms with Crippen LogP contribution in [0.5, 0.6) is 0 Å². The van der Waals surface area contributed by atoms with E-state index < -0.39 is 12.3 Å². The molecule has 14 heavy (non-hydrogen) atoms. The van der Waals surface area contributed by atoms with Gasteiger partial charge in [-0.3, -0.25) is 4.68 Å². The predicted octanol–water partition coefficient (Wildman–Crippen LogP) is 1.50. The zero-order valence-electron chi connectivity index (χ0n) is 7.62. The van der Waals surface area contributed by atoms with E-state index in [4.69, 9.17) is 5.11 Å². The standard InChI is InChI=1S/C8H11F3N2O/c1-6-2-4-12-13(6)5-3-7(14)8(9,10)11/h2,4,7,14H,3,5H2,1H3. The number of hydrogen-bond acceptors (Lipinski definition) is 2. The normalized spacial score (nSPS) is 14.4. The van der Waals surface area contributed by atoms with Crippen molar-refractivity contribution in [3.8, 4) is 0 Å². The van der Waals surface area contributed by atoms with Crippen LogP contribution < -0.4 is 0 Å². The minimum Gasteiger partial charge on any atom is -0.384 e. The van der Waals surface area contributed by atoms with Crippen LogP contribution in [-0.4, -0.2) is 27.2 Å². The molecule has 3 nitrogen and oxygen atoms in total. The number of aliphatic hydroxyl groups excluding tert-OH is 1. The highest BCUT2D eigenvalue weighted by molar-refractivity contribution is 4.96. The van der Waals surface area contributed by atoms with Gasteiger partial charge in [0, 0.05) is 24.9 Å². The Balaban J connectivity index is 2.46. The van der Waals surface area contributed by atoms with Gasteiger partial charge in [0.15, 0.2) is 6.10 Å². The summed E-state index contributed by atoms with van der Waals surface area (Å²) in [6, 6.07) is 1.69. The molecule has 6 heteroatoms. The van der Waals surface area contributed by atoms with Crippen LogP contribution in [0.15, 0.2) is 12.3 Å². The molecule has 0 saturated carbocycles. The van der Waals surface area contributed by atoms with Gasteiger partial charge in [-0.25, -0.2) is 0 Å². The van der Waals surface area contributed by atoms with Crippen molar-refractivity contribution in [1.82, 2.24) is 9.78 Å². The first kappa shape index (κ1) is 11.0. The second-order valence-electron chi connectivity index (χ2n) is 3.04. The molecule has 0 aliphatic heterocycles. The zero-order valence-corrected chi connectivity index (χ0v) is 7.62. The number of alkyl halides is 3. The van der Waals surface area contributed by atoms with Crippen LogP contribution in [0.3, 0.4) is 0 Å². The molecule has 0 aliphatic carbocycles. The van der Waals surface area contributed by atoms with Crippen molar-refractivity contribution in [3.63, 3.8) is 0 Å². The summed E-state index contributed by atoms with van der Waals surface area (Å²) in [7, 11) is 0. The summed E-state index contributed by atoms with van der Waals surface area (Å²) in [5.74, 6) is 0. The first-order valence-corrected chi connectivity index (χ1v) is 4.14. The van der Waals surface area contributed by atoms with E-state index >= 15 is 0 Å². The molecular weight excluding hydrogens is 197 g/mol. The zero-order chi connectivity index (χ0) is 10.8. The van der Waals surface area contributed by atoms with E-state index in [1.807, 2.05) is 0 Å². The van der Waals surface area contributed by atoms with Crippen LogP contribution in [0.2, 0.25) is 0 Å². The van der Waals surface area contributed by atoms with Crippen molar-refractivity contribution >= 4 is 0 Å². The third-order valence-corrected chi connectivity index (χ3v) is 1.92. The summed E-state index contributed by atoms with van der Waals surface area (Å²) in [5.41, 5.74) is 0.777. The summed E-state index contributed by atoms with van der Waals surface area (Å²) in [6.45, 7) is 1.81. The molecule has 1 atom stereocenters. The van der Waals surface area contributed by atoms with E-state index in [9.17, 15) is 13.2 Å². The summed E-state index contributed by atoms with van der Waals surface area (Å²) >= 11 is 0. The number of nitrogens with zero attached hydrogens (tertiary/aromatic N) is 2. The molecule has 1 unspecified atom stereocenters. The lowest BCUT2D eigenvalue weighted by Gasteiger charge is -2.14. The van der Waals surface area contributed by atoms with Gasteiger partial charge in [0.25, 0.3) is 0 Å². The molecule has 0 aromatic carbocycles. The van der Waals surface area contributed by atoms with Crippen molar-refractivity contribution in [2.45, 2.75) is 32.2 Å². The van der Waals surface area contributed by atoms with Crippen LogP contribution in [0, 0.1) is 6.92 Å². The molecule has 1 heterocycles. The number of hydrogen-bond donors (Lipinski definition) is 1. The van der Waals surface area contributed by atoms with Gasteiger partial charge in [-0.2, -0.15) is 18.3 Å². The van der Waals surface area contributed by atoms with E-state index in [1.54, 1.807) is 13.0 Å². The third-order valence-electron chi connectivity index (χ3n) is 1.92. The molecule has 1 aromatic rings. The maximum absolute atomic E-state index is 11.9. The summed E-state index contributed by atoms with van der Waals surface area (Å²) in [6.07, 6.45) is -5.67. The van der Waals surface area contributed by atoms with Gasteiger partial charge in [0.05, 0.1) is 0 Å². The minimum absolute atomic E-state index is 0.0690. The Morgan fingerprint density at radius 2 is 2.21 bits per heavy atom. The average Bonchev–Trinajstić information content (AvgIpc) is 2.45. The van der Waals surface area contributed by atoms with E-state index in [0.29, 0.717) is 0 Å². The highest BCUT2D eigenvalue weighted by Gasteiger charge is 2.37. The third kappa shape index (κ3) is 2.73. The Morgan fingerprint density at radius 1 is 1.57 bits per heavy atom. The molecular formula is C8H11F3N2O. The van der Waals surface area contributed by atoms with E-state index in [0.717, 1.165) is 5.69 Å². The number of halogens is 3. The fourth-order valence-electron chi connectivity index (χ4n) is 1.04. The second kappa shape index (κ2) is 4.00. The van der Waals surface area contributed by atoms with Crippen molar-refractivity contribution in [3.05, 3.63) is 18.0 Å². The van der Waals surface area contributed by atoms with Gasteiger partial charge in [0.1, 0.15) is 0 Å². The topological polar surface area (TPSA) is 38.0 Å². The highest BCUT2D eigenvalue weighted by atomic mass is 19.4. The van der Waals surface area contributed by atoms with Gasteiger partial charge in [-0.05, 0) is 13.0 Å². The van der Waals surface area contributed by atoms with Crippen LogP contribution in [0.25, 0.3) is 0 Å². The fourth-order valence-corrected chi connectivity index (χ4v) is 1.04. The Labute approximate surface area is 79.2 Å². The minimum atomic E-state index is -4.54. The Bertz CT molecular complexity index is 295. The summed E-state index contributed by atoms with van der Waals surface area (Å²) < 4.78 is 37.1. The van der Waals surface area contributed by atoms with Gasteiger partial charge < -0.3 is 5.11 Å². The van der Waals surface area contributed by atoms with Crippen molar-refractivity contribution in [1.29, 1.82) is 0 Å². The molecule has 0 saturated heterocycles. The van der Waals surface area contributed by atoms with Crippen molar-refractivity contribution in [2.24, 2.45) is 0 Å². The number of aliphatic hydroxyl groups is 1. The molecule has 0 fully saturated rings. The summed E-state index contributed by atoms with van der Waals surface area (Å²) in [4.78, 5) is 0. The monoisotopic (exact) mass is 208 g/mol. The molecule has 0 radical (unpaired) electrons. The van der Waals surface area contributed by atoms with Gasteiger partial charge in [0.2, 0.25) is 0 Å². The van der Waals surface area contributed by atoms with Crippen LogP contribution in [0.4, 0.5) is 13.2 Å². The van der Waals surface area contributed by atoms with Crippen LogP contribution in [-0.2, 0) is 6.54 Å². The van der Waals surface area contributed by atoms with Gasteiger partial charge >= 0.3 is 6.18 Å². The molecule has 0 amide bonds. The maximum Gasteiger partial charge on any atom is 0.414 e. The highest BCUT2D eigenvalue weighted by Crippen LogP contribution is 2.22. The van der Waals surface area contributed by atoms with E-state index in [2.05, 4.69) is 5.10 Å². The predicted molar refractivity (Wildman–Crippen MR) is 43.6 cm³/mol. The van der Waals surface area contributed by atoms with Gasteiger partial charge in [-0.1, -0.05) is 0 Å². The van der Waals surface area contributed by atoms with Crippen molar-refractivity contribution in [2.75, 3.05) is 0 Å². The lowest BCUT2D eigenvalue weighted by molar-refractivity contribution is -0.206. The Kier molecular flexibility index (Phi) is 3.15. The summed E-state index contributed by atoms with van der Waals surface area (Å²) in [5, 5.41) is 12.5. The smallest absolute Gasteiger partial charge is 0.384 e. The van der Waals surface area contributed by atoms with Crippen molar-refractivity contribution < 1.29 is 18.3 Å². The quantitative estimate of drug-likeness (QED) is 0.817. The number of aryl methyl sites for hydroxylation is 2. The molecule has 1 rings (SSSR count). The lowest BCUT2D eigenvalue weighted by Crippen LogP contribution is -2.29. The number of rotatable bonds is 3. The van der Waals surface area contributed by atoms with Crippen LogP contribution in [0.1, 0.15) is 12.1 Å². The first-order valence-electron chi connectivity index (χ1n) is 4.14. The first-order chi connectivity index (χ1) is 6.41. The SMILES string of the molecule is Cc1ccnn1CCC(O)C(F)(F)F. The molecule has 0 bridgehead atoms. The van der Waals surface area contributed by atoms with Crippen LogP contribution >= 0.6 is 0 Å². The maximum atomic E-state index is 11.9. The molecule has 80 valence electrons.